The highest BCUT2D eigenvalue weighted by molar-refractivity contribution is 9.10. The van der Waals surface area contributed by atoms with Crippen LogP contribution in [0.25, 0.3) is 0 Å². The maximum atomic E-state index is 13.6. The molecule has 0 saturated carbocycles. The van der Waals surface area contributed by atoms with E-state index in [2.05, 4.69) is 41.7 Å². The van der Waals surface area contributed by atoms with Crippen molar-refractivity contribution in [2.24, 2.45) is 0 Å². The van der Waals surface area contributed by atoms with E-state index in [4.69, 9.17) is 0 Å². The highest BCUT2D eigenvalue weighted by Crippen LogP contribution is 2.39. The van der Waals surface area contributed by atoms with Crippen molar-refractivity contribution in [1.82, 2.24) is 4.98 Å². The summed E-state index contributed by atoms with van der Waals surface area (Å²) in [6.07, 6.45) is 11.0. The van der Waals surface area contributed by atoms with Crippen LogP contribution in [0.4, 0.5) is 4.39 Å². The third kappa shape index (κ3) is 5.44. The van der Waals surface area contributed by atoms with Gasteiger partial charge in [-0.2, -0.15) is 4.39 Å². The van der Waals surface area contributed by atoms with E-state index in [1.165, 1.54) is 56.3 Å². The molecule has 0 N–H and O–H groups in total. The zero-order valence-corrected chi connectivity index (χ0v) is 15.4. The SMILES string of the molecule is CCCCCCC(C)(CCCCC)c1nc(Br)c(F)s1. The molecule has 0 spiro atoms. The van der Waals surface area contributed by atoms with E-state index in [1.54, 1.807) is 0 Å². The van der Waals surface area contributed by atoms with Gasteiger partial charge in [0.05, 0.1) is 0 Å². The van der Waals surface area contributed by atoms with Crippen molar-refractivity contribution < 1.29 is 4.39 Å². The molecule has 1 heterocycles. The fourth-order valence-electron chi connectivity index (χ4n) is 2.59. The van der Waals surface area contributed by atoms with Crippen LogP contribution in [0, 0.1) is 5.13 Å². The van der Waals surface area contributed by atoms with Gasteiger partial charge >= 0.3 is 0 Å². The van der Waals surface area contributed by atoms with Crippen molar-refractivity contribution >= 4 is 27.3 Å². The van der Waals surface area contributed by atoms with Crippen LogP contribution >= 0.6 is 27.3 Å². The summed E-state index contributed by atoms with van der Waals surface area (Å²) in [6.45, 7) is 6.71. The molecular formula is C16H27BrFNS. The Hall–Kier alpha value is 0.0400. The molecule has 0 radical (unpaired) electrons. The summed E-state index contributed by atoms with van der Waals surface area (Å²) < 4.78 is 14.0. The van der Waals surface area contributed by atoms with Crippen LogP contribution in [0.15, 0.2) is 4.60 Å². The molecule has 0 aliphatic rings. The quantitative estimate of drug-likeness (QED) is 0.414. The van der Waals surface area contributed by atoms with Crippen molar-refractivity contribution in [2.45, 2.75) is 84.0 Å². The second-order valence-electron chi connectivity index (χ2n) is 5.91. The first kappa shape index (κ1) is 18.1. The Bertz CT molecular complexity index is 374. The second kappa shape index (κ2) is 9.14. The van der Waals surface area contributed by atoms with Gasteiger partial charge in [0.25, 0.3) is 0 Å². The van der Waals surface area contributed by atoms with Gasteiger partial charge in [-0.05, 0) is 28.8 Å². The molecule has 0 aliphatic carbocycles. The van der Waals surface area contributed by atoms with E-state index in [9.17, 15) is 4.39 Å². The summed E-state index contributed by atoms with van der Waals surface area (Å²) in [4.78, 5) is 4.42. The Kier molecular flexibility index (Phi) is 8.27. The first-order valence-corrected chi connectivity index (χ1v) is 9.46. The van der Waals surface area contributed by atoms with Gasteiger partial charge < -0.3 is 0 Å². The molecule has 1 aromatic rings. The fourth-order valence-corrected chi connectivity index (χ4v) is 4.01. The zero-order chi connectivity index (χ0) is 15.0. The molecule has 1 unspecified atom stereocenters. The molecule has 0 amide bonds. The predicted octanol–water partition coefficient (Wildman–Crippen LogP) is 6.85. The third-order valence-electron chi connectivity index (χ3n) is 3.98. The maximum Gasteiger partial charge on any atom is 0.210 e. The lowest BCUT2D eigenvalue weighted by Gasteiger charge is -2.27. The van der Waals surface area contributed by atoms with Gasteiger partial charge in [0, 0.05) is 5.41 Å². The molecule has 0 saturated heterocycles. The Morgan fingerprint density at radius 2 is 1.60 bits per heavy atom. The highest BCUT2D eigenvalue weighted by Gasteiger charge is 2.30. The van der Waals surface area contributed by atoms with E-state index in [0.717, 1.165) is 17.8 Å². The largest absolute Gasteiger partial charge is 0.230 e. The van der Waals surface area contributed by atoms with Crippen molar-refractivity contribution in [2.75, 3.05) is 0 Å². The molecule has 1 rings (SSSR count). The van der Waals surface area contributed by atoms with E-state index in [0.29, 0.717) is 4.60 Å². The van der Waals surface area contributed by atoms with Crippen LogP contribution in [-0.4, -0.2) is 4.98 Å². The first-order chi connectivity index (χ1) is 9.53. The number of rotatable bonds is 10. The smallest absolute Gasteiger partial charge is 0.210 e. The molecule has 1 atom stereocenters. The average molecular weight is 364 g/mol. The number of unbranched alkanes of at least 4 members (excludes halogenated alkanes) is 5. The Morgan fingerprint density at radius 1 is 1.05 bits per heavy atom. The van der Waals surface area contributed by atoms with Crippen molar-refractivity contribution in [3.05, 3.63) is 14.7 Å². The molecule has 116 valence electrons. The molecule has 0 aromatic carbocycles. The molecule has 0 fully saturated rings. The molecule has 4 heteroatoms. The van der Waals surface area contributed by atoms with E-state index >= 15 is 0 Å². The van der Waals surface area contributed by atoms with Crippen LogP contribution in [0.1, 0.15) is 83.6 Å². The van der Waals surface area contributed by atoms with Crippen LogP contribution in [-0.2, 0) is 5.41 Å². The van der Waals surface area contributed by atoms with Gasteiger partial charge in [0.2, 0.25) is 5.13 Å². The number of aromatic nitrogens is 1. The Labute approximate surface area is 135 Å². The lowest BCUT2D eigenvalue weighted by Crippen LogP contribution is -2.22. The maximum absolute atomic E-state index is 13.6. The number of halogens is 2. The second-order valence-corrected chi connectivity index (χ2v) is 7.61. The van der Waals surface area contributed by atoms with Gasteiger partial charge in [-0.1, -0.05) is 77.1 Å². The van der Waals surface area contributed by atoms with Gasteiger partial charge in [-0.3, -0.25) is 0 Å². The third-order valence-corrected chi connectivity index (χ3v) is 5.92. The monoisotopic (exact) mass is 363 g/mol. The van der Waals surface area contributed by atoms with Crippen LogP contribution in [0.3, 0.4) is 0 Å². The number of nitrogens with zero attached hydrogens (tertiary/aromatic N) is 1. The standard InChI is InChI=1S/C16H27BrFNS/c1-4-6-8-10-12-16(3,11-9-7-5-2)15-19-13(17)14(18)20-15/h4-12H2,1-3H3. The number of thiazole rings is 1. The topological polar surface area (TPSA) is 12.9 Å². The minimum Gasteiger partial charge on any atom is -0.230 e. The van der Waals surface area contributed by atoms with Crippen LogP contribution in [0.2, 0.25) is 0 Å². The lowest BCUT2D eigenvalue weighted by molar-refractivity contribution is 0.364. The number of hydrogen-bond donors (Lipinski definition) is 0. The summed E-state index contributed by atoms with van der Waals surface area (Å²) in [5.41, 5.74) is 0.0421. The first-order valence-electron chi connectivity index (χ1n) is 7.85. The summed E-state index contributed by atoms with van der Waals surface area (Å²) in [7, 11) is 0. The molecule has 0 aliphatic heterocycles. The van der Waals surface area contributed by atoms with E-state index in [-0.39, 0.29) is 10.5 Å². The minimum absolute atomic E-state index is 0.0421. The summed E-state index contributed by atoms with van der Waals surface area (Å²) >= 11 is 4.43. The van der Waals surface area contributed by atoms with Crippen molar-refractivity contribution in [1.29, 1.82) is 0 Å². The predicted molar refractivity (Wildman–Crippen MR) is 90.0 cm³/mol. The van der Waals surface area contributed by atoms with E-state index < -0.39 is 0 Å². The van der Waals surface area contributed by atoms with Gasteiger partial charge in [0.15, 0.2) is 4.60 Å². The minimum atomic E-state index is -0.185. The molecule has 1 nitrogen and oxygen atoms in total. The van der Waals surface area contributed by atoms with Gasteiger partial charge in [0.1, 0.15) is 5.01 Å². The fraction of sp³-hybridized carbons (Fsp3) is 0.812. The highest BCUT2D eigenvalue weighted by atomic mass is 79.9. The molecule has 0 bridgehead atoms. The van der Waals surface area contributed by atoms with Crippen molar-refractivity contribution in [3.8, 4) is 0 Å². The van der Waals surface area contributed by atoms with Gasteiger partial charge in [-0.25, -0.2) is 4.98 Å². The summed E-state index contributed by atoms with van der Waals surface area (Å²) in [5.74, 6) is 0. The lowest BCUT2D eigenvalue weighted by atomic mass is 9.80. The Balaban J connectivity index is 2.71. The average Bonchev–Trinajstić information content (AvgIpc) is 2.76. The van der Waals surface area contributed by atoms with Crippen LogP contribution < -0.4 is 0 Å². The molecular weight excluding hydrogens is 337 g/mol. The molecule has 1 aromatic heterocycles. The number of hydrogen-bond acceptors (Lipinski definition) is 2. The summed E-state index contributed by atoms with van der Waals surface area (Å²) in [5, 5.41) is 0.782. The molecule has 20 heavy (non-hydrogen) atoms. The summed E-state index contributed by atoms with van der Waals surface area (Å²) in [6, 6.07) is 0. The van der Waals surface area contributed by atoms with Crippen LogP contribution in [0.5, 0.6) is 0 Å². The van der Waals surface area contributed by atoms with Gasteiger partial charge in [-0.15, -0.1) is 0 Å². The Morgan fingerprint density at radius 3 is 2.10 bits per heavy atom. The zero-order valence-electron chi connectivity index (χ0n) is 13.0. The van der Waals surface area contributed by atoms with E-state index in [1.807, 2.05) is 0 Å². The van der Waals surface area contributed by atoms with Crippen molar-refractivity contribution in [3.63, 3.8) is 0 Å². The normalized spacial score (nSPS) is 14.4.